The van der Waals surface area contributed by atoms with E-state index in [-0.39, 0.29) is 24.8 Å². The third-order valence-electron chi connectivity index (χ3n) is 2.05. The second-order valence-electron chi connectivity index (χ2n) is 3.21. The Morgan fingerprint density at radius 1 is 1.50 bits per heavy atom. The van der Waals surface area contributed by atoms with E-state index in [0.29, 0.717) is 13.0 Å². The summed E-state index contributed by atoms with van der Waals surface area (Å²) in [4.78, 5) is 21.3. The summed E-state index contributed by atoms with van der Waals surface area (Å²) in [6.07, 6.45) is 1.21. The molecule has 0 radical (unpaired) electrons. The summed E-state index contributed by atoms with van der Waals surface area (Å²) in [6, 6.07) is 0. The highest BCUT2D eigenvalue weighted by atomic mass is 16.4. The molecule has 5 heteroatoms. The Morgan fingerprint density at radius 2 is 2.14 bits per heavy atom. The van der Waals surface area contributed by atoms with Crippen LogP contribution in [-0.2, 0) is 9.59 Å². The zero-order valence-corrected chi connectivity index (χ0v) is 8.45. The Labute approximate surface area is 83.7 Å². The topological polar surface area (TPSA) is 92.4 Å². The molecule has 0 bridgehead atoms. The van der Waals surface area contributed by atoms with Gasteiger partial charge in [-0.1, -0.05) is 13.3 Å². The van der Waals surface area contributed by atoms with Crippen molar-refractivity contribution in [1.29, 1.82) is 0 Å². The monoisotopic (exact) mass is 202 g/mol. The predicted octanol–water partition coefficient (Wildman–Crippen LogP) is -0.0477. The number of nitrogens with two attached hydrogens (primary N) is 1. The van der Waals surface area contributed by atoms with Crippen molar-refractivity contribution in [2.24, 2.45) is 11.7 Å². The maximum absolute atomic E-state index is 11.2. The van der Waals surface area contributed by atoms with E-state index in [1.54, 1.807) is 0 Å². The first kappa shape index (κ1) is 12.9. The van der Waals surface area contributed by atoms with Crippen LogP contribution in [0.4, 0.5) is 0 Å². The number of carboxylic acid groups (broad SMARTS) is 1. The standard InChI is InChI=1S/C9H18N2O3/c1-2-7(6-10)5-8(12)11-4-3-9(13)14/h7H,2-6,10H2,1H3,(H,11,12)(H,13,14). The Balaban J connectivity index is 3.59. The van der Waals surface area contributed by atoms with Crippen LogP contribution in [0, 0.1) is 5.92 Å². The molecule has 0 fully saturated rings. The van der Waals surface area contributed by atoms with Crippen molar-refractivity contribution >= 4 is 11.9 Å². The van der Waals surface area contributed by atoms with Crippen LogP contribution in [-0.4, -0.2) is 30.1 Å². The summed E-state index contributed by atoms with van der Waals surface area (Å²) >= 11 is 0. The maximum Gasteiger partial charge on any atom is 0.305 e. The van der Waals surface area contributed by atoms with E-state index in [2.05, 4.69) is 5.32 Å². The van der Waals surface area contributed by atoms with Crippen LogP contribution in [0.1, 0.15) is 26.2 Å². The number of carbonyl (C=O) groups is 2. The van der Waals surface area contributed by atoms with Gasteiger partial charge < -0.3 is 16.2 Å². The van der Waals surface area contributed by atoms with Crippen LogP contribution in [0.2, 0.25) is 0 Å². The molecule has 0 saturated heterocycles. The molecular formula is C9H18N2O3. The molecule has 1 atom stereocenters. The van der Waals surface area contributed by atoms with Gasteiger partial charge in [-0.15, -0.1) is 0 Å². The molecule has 1 unspecified atom stereocenters. The van der Waals surface area contributed by atoms with Crippen molar-refractivity contribution in [3.63, 3.8) is 0 Å². The Kier molecular flexibility index (Phi) is 6.74. The Bertz CT molecular complexity index is 190. The number of hydrogen-bond donors (Lipinski definition) is 3. The number of hydrogen-bond acceptors (Lipinski definition) is 3. The maximum atomic E-state index is 11.2. The smallest absolute Gasteiger partial charge is 0.305 e. The van der Waals surface area contributed by atoms with Gasteiger partial charge >= 0.3 is 5.97 Å². The van der Waals surface area contributed by atoms with Crippen LogP contribution < -0.4 is 11.1 Å². The molecule has 0 aliphatic heterocycles. The molecule has 0 saturated carbocycles. The first-order chi connectivity index (χ1) is 6.60. The molecule has 0 aliphatic carbocycles. The third-order valence-corrected chi connectivity index (χ3v) is 2.05. The Hall–Kier alpha value is -1.10. The van der Waals surface area contributed by atoms with E-state index >= 15 is 0 Å². The molecule has 0 aromatic heterocycles. The molecule has 0 rings (SSSR count). The lowest BCUT2D eigenvalue weighted by Crippen LogP contribution is -2.29. The number of rotatable bonds is 7. The molecule has 0 aliphatic rings. The van der Waals surface area contributed by atoms with Crippen molar-refractivity contribution in [3.05, 3.63) is 0 Å². The van der Waals surface area contributed by atoms with Gasteiger partial charge in [-0.25, -0.2) is 0 Å². The van der Waals surface area contributed by atoms with E-state index in [1.165, 1.54) is 0 Å². The molecule has 4 N–H and O–H groups in total. The lowest BCUT2D eigenvalue weighted by Gasteiger charge is -2.11. The first-order valence-corrected chi connectivity index (χ1v) is 4.78. The van der Waals surface area contributed by atoms with Crippen LogP contribution in [0.3, 0.4) is 0 Å². The van der Waals surface area contributed by atoms with Crippen molar-refractivity contribution < 1.29 is 14.7 Å². The number of amides is 1. The molecule has 0 aromatic carbocycles. The average Bonchev–Trinajstić information content (AvgIpc) is 2.13. The average molecular weight is 202 g/mol. The van der Waals surface area contributed by atoms with Gasteiger partial charge in [-0.2, -0.15) is 0 Å². The van der Waals surface area contributed by atoms with Gasteiger partial charge in [-0.3, -0.25) is 9.59 Å². The second-order valence-corrected chi connectivity index (χ2v) is 3.21. The van der Waals surface area contributed by atoms with Gasteiger partial charge in [0.25, 0.3) is 0 Å². The summed E-state index contributed by atoms with van der Waals surface area (Å²) < 4.78 is 0. The van der Waals surface area contributed by atoms with Gasteiger partial charge in [0.2, 0.25) is 5.91 Å². The zero-order chi connectivity index (χ0) is 11.0. The van der Waals surface area contributed by atoms with Crippen molar-refractivity contribution in [1.82, 2.24) is 5.32 Å². The van der Waals surface area contributed by atoms with Crippen LogP contribution in [0.25, 0.3) is 0 Å². The molecule has 5 nitrogen and oxygen atoms in total. The van der Waals surface area contributed by atoms with Gasteiger partial charge in [0.05, 0.1) is 6.42 Å². The summed E-state index contributed by atoms with van der Waals surface area (Å²) in [6.45, 7) is 2.65. The van der Waals surface area contributed by atoms with Crippen LogP contribution in [0.15, 0.2) is 0 Å². The van der Waals surface area contributed by atoms with Crippen molar-refractivity contribution in [3.8, 4) is 0 Å². The normalized spacial score (nSPS) is 12.1. The summed E-state index contributed by atoms with van der Waals surface area (Å²) in [5, 5.41) is 10.9. The fourth-order valence-corrected chi connectivity index (χ4v) is 1.04. The van der Waals surface area contributed by atoms with E-state index in [9.17, 15) is 9.59 Å². The van der Waals surface area contributed by atoms with Gasteiger partial charge in [0.1, 0.15) is 0 Å². The van der Waals surface area contributed by atoms with Gasteiger partial charge in [0.15, 0.2) is 0 Å². The fourth-order valence-electron chi connectivity index (χ4n) is 1.04. The largest absolute Gasteiger partial charge is 0.481 e. The molecule has 0 aromatic rings. The van der Waals surface area contributed by atoms with Crippen molar-refractivity contribution in [2.45, 2.75) is 26.2 Å². The molecule has 1 amide bonds. The zero-order valence-electron chi connectivity index (χ0n) is 8.45. The molecule has 82 valence electrons. The fraction of sp³-hybridized carbons (Fsp3) is 0.778. The number of carboxylic acids is 1. The lowest BCUT2D eigenvalue weighted by molar-refractivity contribution is -0.136. The molecule has 0 heterocycles. The van der Waals surface area contributed by atoms with E-state index in [0.717, 1.165) is 6.42 Å². The quantitative estimate of drug-likeness (QED) is 0.539. The second kappa shape index (κ2) is 7.32. The van der Waals surface area contributed by atoms with Crippen LogP contribution >= 0.6 is 0 Å². The van der Waals surface area contributed by atoms with E-state index < -0.39 is 5.97 Å². The lowest BCUT2D eigenvalue weighted by atomic mass is 10.0. The minimum absolute atomic E-state index is 0.0366. The summed E-state index contributed by atoms with van der Waals surface area (Å²) in [7, 11) is 0. The number of nitrogens with one attached hydrogen (secondary N) is 1. The van der Waals surface area contributed by atoms with Gasteiger partial charge in [0, 0.05) is 13.0 Å². The molecule has 14 heavy (non-hydrogen) atoms. The highest BCUT2D eigenvalue weighted by Crippen LogP contribution is 2.04. The number of aliphatic carboxylic acids is 1. The van der Waals surface area contributed by atoms with E-state index in [1.807, 2.05) is 6.92 Å². The highest BCUT2D eigenvalue weighted by Gasteiger charge is 2.09. The molecular weight excluding hydrogens is 184 g/mol. The van der Waals surface area contributed by atoms with E-state index in [4.69, 9.17) is 10.8 Å². The molecule has 0 spiro atoms. The third kappa shape index (κ3) is 6.42. The SMILES string of the molecule is CCC(CN)CC(=O)NCCC(=O)O. The van der Waals surface area contributed by atoms with Gasteiger partial charge in [-0.05, 0) is 12.5 Å². The predicted molar refractivity (Wildman–Crippen MR) is 52.7 cm³/mol. The highest BCUT2D eigenvalue weighted by molar-refractivity contribution is 5.77. The Morgan fingerprint density at radius 3 is 2.57 bits per heavy atom. The minimum Gasteiger partial charge on any atom is -0.481 e. The van der Waals surface area contributed by atoms with Crippen LogP contribution in [0.5, 0.6) is 0 Å². The summed E-state index contributed by atoms with van der Waals surface area (Å²) in [5.41, 5.74) is 5.43. The van der Waals surface area contributed by atoms with Crippen molar-refractivity contribution in [2.75, 3.05) is 13.1 Å². The first-order valence-electron chi connectivity index (χ1n) is 4.78. The summed E-state index contributed by atoms with van der Waals surface area (Å²) in [5.74, 6) is -0.834. The minimum atomic E-state index is -0.906. The number of carbonyl (C=O) groups excluding carboxylic acids is 1.